The van der Waals surface area contributed by atoms with E-state index in [9.17, 15) is 14.4 Å². The average Bonchev–Trinajstić information content (AvgIpc) is 3.26. The van der Waals surface area contributed by atoms with Crippen LogP contribution in [0, 0.1) is 0 Å². The summed E-state index contributed by atoms with van der Waals surface area (Å²) in [6, 6.07) is 13.4. The minimum Gasteiger partial charge on any atom is -0.349 e. The Morgan fingerprint density at radius 1 is 0.935 bits per heavy atom. The Kier molecular flexibility index (Phi) is 6.54. The van der Waals surface area contributed by atoms with E-state index in [1.165, 1.54) is 17.1 Å². The fraction of sp³-hybridized carbons (Fsp3) is 0.480. The molecular weight excluding hydrogens is 390 g/mol. The van der Waals surface area contributed by atoms with Gasteiger partial charge in [-0.1, -0.05) is 62.4 Å². The van der Waals surface area contributed by atoms with E-state index in [1.54, 1.807) is 12.3 Å². The average molecular weight is 422 g/mol. The molecule has 0 bridgehead atoms. The van der Waals surface area contributed by atoms with E-state index in [2.05, 4.69) is 10.6 Å². The first kappa shape index (κ1) is 21.3. The van der Waals surface area contributed by atoms with Crippen LogP contribution in [0.15, 0.2) is 53.5 Å². The standard InChI is InChI=1S/C25H31N3O3/c29-22(27-25(15-7-8-16-25)19-10-3-1-4-11-19)18-28-17-9-14-21(24(28)31)23(30)26-20-12-5-2-6-13-20/h1,3-4,9-11,14,17,20H,2,5-8,12-13,15-16,18H2,(H,26,30)(H,27,29). The summed E-state index contributed by atoms with van der Waals surface area (Å²) in [7, 11) is 0. The van der Waals surface area contributed by atoms with Crippen LogP contribution in [0.2, 0.25) is 0 Å². The highest BCUT2D eigenvalue weighted by Crippen LogP contribution is 2.38. The number of aromatic nitrogens is 1. The molecule has 2 aromatic rings. The van der Waals surface area contributed by atoms with Gasteiger partial charge in [0.15, 0.2) is 0 Å². The number of rotatable bonds is 6. The number of hydrogen-bond donors (Lipinski definition) is 2. The van der Waals surface area contributed by atoms with Gasteiger partial charge in [-0.3, -0.25) is 14.4 Å². The Bertz CT molecular complexity index is 971. The van der Waals surface area contributed by atoms with Gasteiger partial charge in [0, 0.05) is 12.2 Å². The van der Waals surface area contributed by atoms with Crippen molar-refractivity contribution in [2.75, 3.05) is 0 Å². The normalized spacial score (nSPS) is 18.5. The molecule has 2 amide bonds. The van der Waals surface area contributed by atoms with Crippen molar-refractivity contribution in [1.82, 2.24) is 15.2 Å². The van der Waals surface area contributed by atoms with Crippen molar-refractivity contribution in [3.05, 3.63) is 70.1 Å². The van der Waals surface area contributed by atoms with Gasteiger partial charge < -0.3 is 15.2 Å². The zero-order valence-corrected chi connectivity index (χ0v) is 17.9. The lowest BCUT2D eigenvalue weighted by molar-refractivity contribution is -0.123. The second-order valence-electron chi connectivity index (χ2n) is 8.87. The molecule has 0 saturated heterocycles. The highest BCUT2D eigenvalue weighted by atomic mass is 16.2. The van der Waals surface area contributed by atoms with E-state index in [0.29, 0.717) is 0 Å². The number of pyridine rings is 1. The molecule has 31 heavy (non-hydrogen) atoms. The molecule has 6 heteroatoms. The summed E-state index contributed by atoms with van der Waals surface area (Å²) in [5.41, 5.74) is 0.400. The highest BCUT2D eigenvalue weighted by molar-refractivity contribution is 5.94. The summed E-state index contributed by atoms with van der Waals surface area (Å²) in [6.07, 6.45) is 10.8. The van der Waals surface area contributed by atoms with Gasteiger partial charge in [0.1, 0.15) is 12.1 Å². The van der Waals surface area contributed by atoms with Gasteiger partial charge in [0.2, 0.25) is 5.91 Å². The van der Waals surface area contributed by atoms with E-state index in [4.69, 9.17) is 0 Å². The molecule has 2 aliphatic rings. The molecule has 164 valence electrons. The summed E-state index contributed by atoms with van der Waals surface area (Å²) < 4.78 is 1.33. The minimum atomic E-state index is -0.425. The second kappa shape index (κ2) is 9.50. The summed E-state index contributed by atoms with van der Waals surface area (Å²) >= 11 is 0. The number of amides is 2. The zero-order chi connectivity index (χ0) is 21.7. The van der Waals surface area contributed by atoms with Crippen LogP contribution in [0.4, 0.5) is 0 Å². The van der Waals surface area contributed by atoms with Crippen LogP contribution < -0.4 is 16.2 Å². The van der Waals surface area contributed by atoms with Crippen LogP contribution in [-0.2, 0) is 16.9 Å². The van der Waals surface area contributed by atoms with Gasteiger partial charge in [-0.15, -0.1) is 0 Å². The zero-order valence-electron chi connectivity index (χ0n) is 17.9. The summed E-state index contributed by atoms with van der Waals surface area (Å²) in [5, 5.41) is 6.19. The van der Waals surface area contributed by atoms with Crippen LogP contribution in [0.3, 0.4) is 0 Å². The van der Waals surface area contributed by atoms with Gasteiger partial charge in [-0.2, -0.15) is 0 Å². The largest absolute Gasteiger partial charge is 0.349 e. The number of carbonyl (C=O) groups is 2. The third-order valence-corrected chi connectivity index (χ3v) is 6.68. The lowest BCUT2D eigenvalue weighted by Gasteiger charge is -2.31. The molecule has 0 aliphatic heterocycles. The summed E-state index contributed by atoms with van der Waals surface area (Å²) in [4.78, 5) is 38.5. The Morgan fingerprint density at radius 3 is 2.35 bits per heavy atom. The van der Waals surface area contributed by atoms with Crippen molar-refractivity contribution < 1.29 is 9.59 Å². The third-order valence-electron chi connectivity index (χ3n) is 6.68. The predicted octanol–water partition coefficient (Wildman–Crippen LogP) is 3.50. The number of nitrogens with one attached hydrogen (secondary N) is 2. The van der Waals surface area contributed by atoms with Crippen LogP contribution >= 0.6 is 0 Å². The Labute approximate surface area is 183 Å². The van der Waals surface area contributed by atoms with Crippen molar-refractivity contribution in [3.63, 3.8) is 0 Å². The Balaban J connectivity index is 1.46. The highest BCUT2D eigenvalue weighted by Gasteiger charge is 2.36. The van der Waals surface area contributed by atoms with E-state index in [-0.39, 0.29) is 35.5 Å². The van der Waals surface area contributed by atoms with Crippen molar-refractivity contribution in [2.45, 2.75) is 75.9 Å². The van der Waals surface area contributed by atoms with Crippen molar-refractivity contribution in [2.24, 2.45) is 0 Å². The van der Waals surface area contributed by atoms with E-state index in [1.807, 2.05) is 30.3 Å². The quantitative estimate of drug-likeness (QED) is 0.749. The van der Waals surface area contributed by atoms with Gasteiger partial charge in [0.25, 0.3) is 11.5 Å². The van der Waals surface area contributed by atoms with Gasteiger partial charge in [0.05, 0.1) is 5.54 Å². The molecule has 2 fully saturated rings. The molecule has 2 saturated carbocycles. The number of nitrogens with zero attached hydrogens (tertiary/aromatic N) is 1. The molecular formula is C25H31N3O3. The first-order chi connectivity index (χ1) is 15.1. The fourth-order valence-electron chi connectivity index (χ4n) is 5.03. The van der Waals surface area contributed by atoms with Crippen LogP contribution in [0.5, 0.6) is 0 Å². The maximum atomic E-state index is 12.9. The second-order valence-corrected chi connectivity index (χ2v) is 8.87. The number of carbonyl (C=O) groups excluding carboxylic acids is 2. The SMILES string of the molecule is O=C(Cn1cccc(C(=O)NC2CCCCC2)c1=O)NC1(c2ccccc2)CCCC1. The van der Waals surface area contributed by atoms with Crippen molar-refractivity contribution >= 4 is 11.8 Å². The van der Waals surface area contributed by atoms with Gasteiger partial charge in [-0.25, -0.2) is 0 Å². The van der Waals surface area contributed by atoms with Crippen molar-refractivity contribution in [1.29, 1.82) is 0 Å². The topological polar surface area (TPSA) is 80.2 Å². The number of hydrogen-bond acceptors (Lipinski definition) is 3. The summed E-state index contributed by atoms with van der Waals surface area (Å²) in [6.45, 7) is -0.0992. The van der Waals surface area contributed by atoms with E-state index in [0.717, 1.165) is 56.9 Å². The molecule has 2 aliphatic carbocycles. The van der Waals surface area contributed by atoms with E-state index >= 15 is 0 Å². The van der Waals surface area contributed by atoms with Crippen molar-refractivity contribution in [3.8, 4) is 0 Å². The molecule has 0 unspecified atom stereocenters. The number of benzene rings is 1. The molecule has 1 aromatic carbocycles. The maximum Gasteiger partial charge on any atom is 0.263 e. The van der Waals surface area contributed by atoms with E-state index < -0.39 is 5.56 Å². The lowest BCUT2D eigenvalue weighted by atomic mass is 9.88. The monoisotopic (exact) mass is 421 g/mol. The minimum absolute atomic E-state index is 0.0968. The molecule has 6 nitrogen and oxygen atoms in total. The van der Waals surface area contributed by atoms with Gasteiger partial charge in [-0.05, 0) is 43.4 Å². The summed E-state index contributed by atoms with van der Waals surface area (Å²) in [5.74, 6) is -0.555. The molecule has 1 aromatic heterocycles. The molecule has 0 spiro atoms. The Hall–Kier alpha value is -2.89. The van der Waals surface area contributed by atoms with Crippen LogP contribution in [0.1, 0.15) is 73.7 Å². The molecule has 2 N–H and O–H groups in total. The Morgan fingerprint density at radius 2 is 1.65 bits per heavy atom. The van der Waals surface area contributed by atoms with Gasteiger partial charge >= 0.3 is 0 Å². The molecule has 4 rings (SSSR count). The smallest absolute Gasteiger partial charge is 0.263 e. The molecule has 0 atom stereocenters. The fourth-order valence-corrected chi connectivity index (χ4v) is 5.03. The predicted molar refractivity (Wildman–Crippen MR) is 120 cm³/mol. The first-order valence-electron chi connectivity index (χ1n) is 11.4. The van der Waals surface area contributed by atoms with Crippen LogP contribution in [-0.4, -0.2) is 22.4 Å². The first-order valence-corrected chi connectivity index (χ1v) is 11.4. The molecule has 1 heterocycles. The lowest BCUT2D eigenvalue weighted by Crippen LogP contribution is -2.46. The molecule has 0 radical (unpaired) electrons. The maximum absolute atomic E-state index is 12.9. The third kappa shape index (κ3) is 4.89. The van der Waals surface area contributed by atoms with Crippen LogP contribution in [0.25, 0.3) is 0 Å².